The number of morpholine rings is 1. The topological polar surface area (TPSA) is 52.4 Å². The lowest BCUT2D eigenvalue weighted by molar-refractivity contribution is -0.154. The standard InChI is InChI=1S/C14H26N4O2/c1-6-12-15-16-13(17(12)4)8-18-7-11(9-19-5)20-14(2,3)10-18/h11H,6-10H2,1-5H3. The third kappa shape index (κ3) is 3.56. The second-order valence-corrected chi connectivity index (χ2v) is 6.07. The molecule has 1 fully saturated rings. The highest BCUT2D eigenvalue weighted by Crippen LogP contribution is 2.22. The van der Waals surface area contributed by atoms with Crippen LogP contribution in [0.25, 0.3) is 0 Å². The highest BCUT2D eigenvalue weighted by Gasteiger charge is 2.33. The molecule has 0 amide bonds. The van der Waals surface area contributed by atoms with Crippen LogP contribution >= 0.6 is 0 Å². The van der Waals surface area contributed by atoms with Gasteiger partial charge in [-0.2, -0.15) is 0 Å². The minimum absolute atomic E-state index is 0.114. The van der Waals surface area contributed by atoms with Gasteiger partial charge in [0.05, 0.1) is 24.9 Å². The quantitative estimate of drug-likeness (QED) is 0.806. The van der Waals surface area contributed by atoms with E-state index in [1.807, 2.05) is 7.05 Å². The van der Waals surface area contributed by atoms with Crippen molar-refractivity contribution in [1.29, 1.82) is 0 Å². The van der Waals surface area contributed by atoms with Gasteiger partial charge in [0.1, 0.15) is 11.6 Å². The molecule has 1 aromatic rings. The predicted molar refractivity (Wildman–Crippen MR) is 76.5 cm³/mol. The van der Waals surface area contributed by atoms with Gasteiger partial charge < -0.3 is 14.0 Å². The van der Waals surface area contributed by atoms with Crippen LogP contribution in [0.3, 0.4) is 0 Å². The molecule has 1 unspecified atom stereocenters. The van der Waals surface area contributed by atoms with E-state index in [0.29, 0.717) is 6.61 Å². The summed E-state index contributed by atoms with van der Waals surface area (Å²) in [6, 6.07) is 0. The molecular weight excluding hydrogens is 256 g/mol. The van der Waals surface area contributed by atoms with Gasteiger partial charge in [0, 0.05) is 33.7 Å². The zero-order chi connectivity index (χ0) is 14.8. The molecule has 1 atom stereocenters. The van der Waals surface area contributed by atoms with Crippen molar-refractivity contribution in [3.63, 3.8) is 0 Å². The van der Waals surface area contributed by atoms with Crippen LogP contribution in [0.5, 0.6) is 0 Å². The van der Waals surface area contributed by atoms with Gasteiger partial charge in [-0.3, -0.25) is 4.90 Å². The maximum Gasteiger partial charge on any atom is 0.146 e. The van der Waals surface area contributed by atoms with Crippen LogP contribution in [0.4, 0.5) is 0 Å². The molecule has 0 aromatic carbocycles. The van der Waals surface area contributed by atoms with Gasteiger partial charge >= 0.3 is 0 Å². The van der Waals surface area contributed by atoms with Crippen molar-refractivity contribution in [3.05, 3.63) is 11.6 Å². The van der Waals surface area contributed by atoms with Gasteiger partial charge in [0.25, 0.3) is 0 Å². The second-order valence-electron chi connectivity index (χ2n) is 6.07. The fourth-order valence-electron chi connectivity index (χ4n) is 2.85. The number of hydrogen-bond acceptors (Lipinski definition) is 5. The summed E-state index contributed by atoms with van der Waals surface area (Å²) in [5.41, 5.74) is -0.159. The lowest BCUT2D eigenvalue weighted by atomic mass is 10.1. The van der Waals surface area contributed by atoms with Gasteiger partial charge in [0.2, 0.25) is 0 Å². The van der Waals surface area contributed by atoms with Crippen molar-refractivity contribution in [1.82, 2.24) is 19.7 Å². The van der Waals surface area contributed by atoms with E-state index in [0.717, 1.165) is 37.7 Å². The smallest absolute Gasteiger partial charge is 0.146 e. The molecule has 0 N–H and O–H groups in total. The summed E-state index contributed by atoms with van der Waals surface area (Å²) in [4.78, 5) is 2.37. The maximum absolute atomic E-state index is 6.03. The minimum Gasteiger partial charge on any atom is -0.382 e. The van der Waals surface area contributed by atoms with E-state index < -0.39 is 0 Å². The molecule has 20 heavy (non-hydrogen) atoms. The molecule has 1 aliphatic rings. The highest BCUT2D eigenvalue weighted by molar-refractivity contribution is 4.96. The normalized spacial score (nSPS) is 23.1. The van der Waals surface area contributed by atoms with Crippen molar-refractivity contribution in [2.45, 2.75) is 45.4 Å². The monoisotopic (exact) mass is 282 g/mol. The summed E-state index contributed by atoms with van der Waals surface area (Å²) in [5.74, 6) is 2.04. The van der Waals surface area contributed by atoms with E-state index in [1.165, 1.54) is 0 Å². The first kappa shape index (κ1) is 15.4. The SMILES string of the molecule is CCc1nnc(CN2CC(COC)OC(C)(C)C2)n1C. The first-order valence-electron chi connectivity index (χ1n) is 7.21. The molecule has 2 heterocycles. The summed E-state index contributed by atoms with van der Waals surface area (Å²) >= 11 is 0. The Morgan fingerprint density at radius 2 is 2.05 bits per heavy atom. The van der Waals surface area contributed by atoms with Gasteiger partial charge in [0.15, 0.2) is 0 Å². The number of aromatic nitrogens is 3. The maximum atomic E-state index is 6.03. The Morgan fingerprint density at radius 1 is 1.35 bits per heavy atom. The molecule has 0 aliphatic carbocycles. The molecule has 114 valence electrons. The Kier molecular flexibility index (Phi) is 4.78. The fraction of sp³-hybridized carbons (Fsp3) is 0.857. The molecule has 1 saturated heterocycles. The molecular formula is C14H26N4O2. The van der Waals surface area contributed by atoms with Crippen LogP contribution in [-0.4, -0.2) is 58.2 Å². The van der Waals surface area contributed by atoms with E-state index in [2.05, 4.69) is 40.4 Å². The van der Waals surface area contributed by atoms with Crippen LogP contribution < -0.4 is 0 Å². The largest absolute Gasteiger partial charge is 0.382 e. The third-order valence-corrected chi connectivity index (χ3v) is 3.64. The van der Waals surface area contributed by atoms with E-state index in [-0.39, 0.29) is 11.7 Å². The molecule has 0 saturated carbocycles. The molecule has 0 bridgehead atoms. The average Bonchev–Trinajstić information content (AvgIpc) is 2.69. The highest BCUT2D eigenvalue weighted by atomic mass is 16.5. The Balaban J connectivity index is 2.05. The van der Waals surface area contributed by atoms with Crippen molar-refractivity contribution >= 4 is 0 Å². The number of ether oxygens (including phenoxy) is 2. The summed E-state index contributed by atoms with van der Waals surface area (Å²) < 4.78 is 13.4. The Bertz CT molecular complexity index is 444. The lowest BCUT2D eigenvalue weighted by Gasteiger charge is -2.42. The van der Waals surface area contributed by atoms with Gasteiger partial charge in [-0.1, -0.05) is 6.92 Å². The summed E-state index contributed by atoms with van der Waals surface area (Å²) in [6.45, 7) is 9.52. The van der Waals surface area contributed by atoms with Crippen LogP contribution in [0.1, 0.15) is 32.4 Å². The summed E-state index contributed by atoms with van der Waals surface area (Å²) in [5, 5.41) is 8.52. The number of aryl methyl sites for hydroxylation is 1. The molecule has 6 heteroatoms. The van der Waals surface area contributed by atoms with E-state index >= 15 is 0 Å². The first-order chi connectivity index (χ1) is 9.45. The van der Waals surface area contributed by atoms with Crippen molar-refractivity contribution in [3.8, 4) is 0 Å². The van der Waals surface area contributed by atoms with E-state index in [1.54, 1.807) is 7.11 Å². The minimum atomic E-state index is -0.159. The number of nitrogens with zero attached hydrogens (tertiary/aromatic N) is 4. The van der Waals surface area contributed by atoms with Gasteiger partial charge in [-0.25, -0.2) is 0 Å². The van der Waals surface area contributed by atoms with Crippen LogP contribution in [0, 0.1) is 0 Å². The molecule has 0 radical (unpaired) electrons. The average molecular weight is 282 g/mol. The Hall–Kier alpha value is -0.980. The van der Waals surface area contributed by atoms with Crippen LogP contribution in [-0.2, 0) is 29.5 Å². The molecule has 6 nitrogen and oxygen atoms in total. The Morgan fingerprint density at radius 3 is 2.65 bits per heavy atom. The predicted octanol–water partition coefficient (Wildman–Crippen LogP) is 1.00. The van der Waals surface area contributed by atoms with Crippen molar-refractivity contribution in [2.24, 2.45) is 7.05 Å². The first-order valence-corrected chi connectivity index (χ1v) is 7.21. The van der Waals surface area contributed by atoms with E-state index in [4.69, 9.17) is 9.47 Å². The van der Waals surface area contributed by atoms with E-state index in [9.17, 15) is 0 Å². The molecule has 0 spiro atoms. The van der Waals surface area contributed by atoms with Crippen molar-refractivity contribution in [2.75, 3.05) is 26.8 Å². The second kappa shape index (κ2) is 6.20. The molecule has 2 rings (SSSR count). The Labute approximate surface area is 121 Å². The fourth-order valence-corrected chi connectivity index (χ4v) is 2.85. The zero-order valence-electron chi connectivity index (χ0n) is 13.2. The number of hydrogen-bond donors (Lipinski definition) is 0. The third-order valence-electron chi connectivity index (χ3n) is 3.64. The number of methoxy groups -OCH3 is 1. The van der Waals surface area contributed by atoms with Crippen molar-refractivity contribution < 1.29 is 9.47 Å². The van der Waals surface area contributed by atoms with Gasteiger partial charge in [-0.15, -0.1) is 10.2 Å². The zero-order valence-corrected chi connectivity index (χ0v) is 13.2. The summed E-state index contributed by atoms with van der Waals surface area (Å²) in [6.07, 6.45) is 1.02. The van der Waals surface area contributed by atoms with Gasteiger partial charge in [-0.05, 0) is 13.8 Å². The van der Waals surface area contributed by atoms with Crippen LogP contribution in [0.2, 0.25) is 0 Å². The van der Waals surface area contributed by atoms with Crippen LogP contribution in [0.15, 0.2) is 0 Å². The number of rotatable bonds is 5. The molecule has 1 aromatic heterocycles. The summed E-state index contributed by atoms with van der Waals surface area (Å²) in [7, 11) is 3.75. The lowest BCUT2D eigenvalue weighted by Crippen LogP contribution is -2.53. The molecule has 1 aliphatic heterocycles.